The van der Waals surface area contributed by atoms with Crippen LogP contribution in [0.5, 0.6) is 0 Å². The van der Waals surface area contributed by atoms with E-state index in [0.717, 1.165) is 31.0 Å². The molecule has 0 aliphatic heterocycles. The SMILES string of the molecule is CS(=O)(=O)Nc1nn(CC(F)F)c2c(Br)ccc(Cl)c12.Fc1cc(Cl)ccc1Br.N#Cc1c(Cl)ccc(Br)c1F.Nc1n[nH]c2c(Br)ccc(Cl)c12.Nc1nn(CC(F)F)c2c(Br)ccc(Cl)c12.O=Cc1c(Cl)ccc(Br)c1F. The first-order chi connectivity index (χ1) is 36.9. The summed E-state index contributed by atoms with van der Waals surface area (Å²) in [6, 6.07) is 22.0. The van der Waals surface area contributed by atoms with Gasteiger partial charge < -0.3 is 11.5 Å². The van der Waals surface area contributed by atoms with Gasteiger partial charge in [-0.15, -0.1) is 0 Å². The number of aldehydes is 1. The minimum absolute atomic E-state index is 0.0746. The number of nitrogens with two attached hydrogens (primary N) is 2. The maximum atomic E-state index is 12.9. The predicted molar refractivity (Wildman–Crippen MR) is 320 cm³/mol. The second-order valence-corrected chi connectivity index (χ2v) is 24.3. The number of aromatic amines is 1. The number of aromatic nitrogens is 6. The number of nitrogens with one attached hydrogen (secondary N) is 2. The number of rotatable bonds is 7. The number of nitrogens with zero attached hydrogens (tertiary/aromatic N) is 6. The van der Waals surface area contributed by atoms with Gasteiger partial charge in [-0.25, -0.2) is 39.2 Å². The van der Waals surface area contributed by atoms with Gasteiger partial charge in [-0.1, -0.05) is 69.6 Å². The number of nitriles is 1. The molecule has 3 aromatic heterocycles. The van der Waals surface area contributed by atoms with Crippen molar-refractivity contribution in [2.24, 2.45) is 0 Å². The normalized spacial score (nSPS) is 10.8. The Labute approximate surface area is 524 Å². The van der Waals surface area contributed by atoms with Crippen molar-refractivity contribution in [2.75, 3.05) is 22.4 Å². The molecule has 0 saturated carbocycles. The zero-order valence-corrected chi connectivity index (χ0v) is 53.7. The molecule has 0 amide bonds. The van der Waals surface area contributed by atoms with Gasteiger partial charge in [0.15, 0.2) is 29.6 Å². The van der Waals surface area contributed by atoms with Gasteiger partial charge in [0.2, 0.25) is 10.0 Å². The number of nitrogen functional groups attached to an aromatic ring is 2. The molecular formula is C46H29Br6Cl6F7N10O3S. The summed E-state index contributed by atoms with van der Waals surface area (Å²) in [4.78, 5) is 10.3. The quantitative estimate of drug-likeness (QED) is 0.0680. The maximum absolute atomic E-state index is 12.9. The van der Waals surface area contributed by atoms with Gasteiger partial charge in [-0.2, -0.15) is 20.6 Å². The average molecular weight is 1630 g/mol. The fourth-order valence-electron chi connectivity index (χ4n) is 6.11. The first-order valence-electron chi connectivity index (χ1n) is 20.7. The molecule has 9 aromatic rings. The van der Waals surface area contributed by atoms with E-state index >= 15 is 0 Å². The molecule has 0 saturated heterocycles. The summed E-state index contributed by atoms with van der Waals surface area (Å²) in [5.41, 5.74) is 12.6. The van der Waals surface area contributed by atoms with Crippen molar-refractivity contribution in [1.82, 2.24) is 29.8 Å². The van der Waals surface area contributed by atoms with E-state index in [1.54, 1.807) is 42.5 Å². The number of hydrogen-bond acceptors (Lipinski definition) is 9. The van der Waals surface area contributed by atoms with Crippen molar-refractivity contribution < 1.29 is 43.9 Å². The lowest BCUT2D eigenvalue weighted by molar-refractivity contribution is 0.111. The fraction of sp³-hybridized carbons (Fsp3) is 0.109. The number of sulfonamides is 1. The molecule has 0 unspecified atom stereocenters. The Hall–Kier alpha value is -3.63. The molecule has 6 N–H and O–H groups in total. The summed E-state index contributed by atoms with van der Waals surface area (Å²) in [6.45, 7) is -1.17. The van der Waals surface area contributed by atoms with E-state index in [1.165, 1.54) is 36.4 Å². The smallest absolute Gasteiger partial charge is 0.257 e. The highest BCUT2D eigenvalue weighted by atomic mass is 79.9. The molecule has 13 nitrogen and oxygen atoms in total. The molecule has 33 heteroatoms. The van der Waals surface area contributed by atoms with E-state index in [2.05, 4.69) is 121 Å². The topological polar surface area (TPSA) is 203 Å². The van der Waals surface area contributed by atoms with Crippen molar-refractivity contribution >= 4 is 232 Å². The van der Waals surface area contributed by atoms with Gasteiger partial charge >= 0.3 is 0 Å². The highest BCUT2D eigenvalue weighted by Gasteiger charge is 2.21. The first kappa shape index (κ1) is 67.9. The van der Waals surface area contributed by atoms with Crippen LogP contribution in [0.25, 0.3) is 32.7 Å². The van der Waals surface area contributed by atoms with Crippen molar-refractivity contribution in [3.8, 4) is 6.07 Å². The standard InChI is InChI=1S/C10H9BrClF2N3O2S.C9H7BrClF2N3.C7H2BrClFN.C7H3BrClFO.C7H5BrClN3.C6H3BrClF/c1-20(18,19)16-10-8-6(12)3-2-5(11)9(8)17(15-10)4-7(13)14;10-4-1-2-5(11)7-8(4)16(3-6(12)13)15-9(7)14;2*8-5-1-2-6(9)4(3-11)7(5)10;8-3-1-2-4(9)5-6(3)11-12-7(5)10;7-5-2-1-4(8)3-6(5)9/h2-3,7H,4H2,1H3,(H,15,16);1-2,6H,3H2,(H2,14,15);1-2H;1-3H;1-2H,(H3,10,11,12);1-3H. The fourth-order valence-corrected chi connectivity index (χ4v) is 10.3. The zero-order chi connectivity index (χ0) is 59.4. The van der Waals surface area contributed by atoms with Crippen LogP contribution in [0.15, 0.2) is 106 Å². The van der Waals surface area contributed by atoms with E-state index in [9.17, 15) is 43.9 Å². The van der Waals surface area contributed by atoms with Crippen LogP contribution >= 0.6 is 165 Å². The summed E-state index contributed by atoms with van der Waals surface area (Å²) < 4.78 is 118. The molecule has 420 valence electrons. The number of halogens is 19. The zero-order valence-electron chi connectivity index (χ0n) is 38.8. The average Bonchev–Trinajstić information content (AvgIpc) is 4.06. The number of carbonyl (C=O) groups excluding carboxylic acids is 1. The minimum Gasteiger partial charge on any atom is -0.382 e. The number of H-pyrrole nitrogens is 1. The van der Waals surface area contributed by atoms with Gasteiger partial charge in [0.1, 0.15) is 36.4 Å². The number of fused-ring (bicyclic) bond motifs is 3. The van der Waals surface area contributed by atoms with E-state index < -0.39 is 47.6 Å². The lowest BCUT2D eigenvalue weighted by Gasteiger charge is -2.04. The minimum atomic E-state index is -3.60. The monoisotopic (exact) mass is 1620 g/mol. The third-order valence-electron chi connectivity index (χ3n) is 9.40. The molecule has 9 rings (SSSR count). The molecule has 6 aromatic carbocycles. The summed E-state index contributed by atoms with van der Waals surface area (Å²) in [7, 11) is -3.60. The Morgan fingerprint density at radius 1 is 0.646 bits per heavy atom. The summed E-state index contributed by atoms with van der Waals surface area (Å²) in [5.74, 6) is -1.05. The molecule has 0 fully saturated rings. The second kappa shape index (κ2) is 30.6. The third kappa shape index (κ3) is 18.7. The van der Waals surface area contributed by atoms with Crippen molar-refractivity contribution in [2.45, 2.75) is 25.9 Å². The van der Waals surface area contributed by atoms with Gasteiger partial charge in [0, 0.05) is 18.4 Å². The van der Waals surface area contributed by atoms with Crippen LogP contribution in [-0.2, 0) is 23.1 Å². The Balaban J connectivity index is 0.000000209. The molecule has 3 heterocycles. The van der Waals surface area contributed by atoms with Crippen molar-refractivity contribution in [3.05, 3.63) is 164 Å². The number of benzene rings is 6. The van der Waals surface area contributed by atoms with Crippen LogP contribution in [0.3, 0.4) is 0 Å². The van der Waals surface area contributed by atoms with Gasteiger partial charge in [0.05, 0.1) is 83.1 Å². The third-order valence-corrected chi connectivity index (χ3v) is 15.6. The number of alkyl halides is 4. The lowest BCUT2D eigenvalue weighted by Crippen LogP contribution is -2.12. The predicted octanol–water partition coefficient (Wildman–Crippen LogP) is 18.4. The number of carbonyl (C=O) groups is 1. The van der Waals surface area contributed by atoms with Crippen LogP contribution in [0.4, 0.5) is 48.2 Å². The molecular weight excluding hydrogens is 1600 g/mol. The maximum Gasteiger partial charge on any atom is 0.257 e. The molecule has 0 aliphatic carbocycles. The Morgan fingerprint density at radius 2 is 1.10 bits per heavy atom. The van der Waals surface area contributed by atoms with E-state index in [-0.39, 0.29) is 58.0 Å². The van der Waals surface area contributed by atoms with Gasteiger partial charge in [-0.05, 0) is 174 Å². The lowest BCUT2D eigenvalue weighted by atomic mass is 10.2. The molecule has 0 atom stereocenters. The van der Waals surface area contributed by atoms with Crippen LogP contribution in [0.2, 0.25) is 30.1 Å². The molecule has 79 heavy (non-hydrogen) atoms. The molecule has 0 aliphatic rings. The van der Waals surface area contributed by atoms with Crippen LogP contribution in [0, 0.1) is 28.8 Å². The summed E-state index contributed by atoms with van der Waals surface area (Å²) >= 11 is 53.1. The molecule has 0 spiro atoms. The summed E-state index contributed by atoms with van der Waals surface area (Å²) in [5, 5.41) is 26.2. The number of anilines is 3. The molecule has 0 bridgehead atoms. The van der Waals surface area contributed by atoms with Crippen LogP contribution in [0.1, 0.15) is 15.9 Å². The van der Waals surface area contributed by atoms with Crippen molar-refractivity contribution in [3.63, 3.8) is 0 Å². The van der Waals surface area contributed by atoms with Crippen molar-refractivity contribution in [1.29, 1.82) is 5.26 Å². The first-order valence-corrected chi connectivity index (χ1v) is 29.6. The van der Waals surface area contributed by atoms with Crippen LogP contribution in [-0.4, -0.2) is 63.6 Å². The number of hydrogen-bond donors (Lipinski definition) is 4. The Morgan fingerprint density at radius 3 is 1.57 bits per heavy atom. The Kier molecular flexibility index (Phi) is 26.3. The van der Waals surface area contributed by atoms with E-state index in [4.69, 9.17) is 86.3 Å². The van der Waals surface area contributed by atoms with Crippen LogP contribution < -0.4 is 16.2 Å². The van der Waals surface area contributed by atoms with E-state index in [1.807, 2.05) is 6.07 Å². The highest BCUT2D eigenvalue weighted by Crippen LogP contribution is 2.37. The summed E-state index contributed by atoms with van der Waals surface area (Å²) in [6.07, 6.45) is -3.79. The Bertz CT molecular complexity index is 3840. The second-order valence-electron chi connectivity index (χ2n) is 14.9. The van der Waals surface area contributed by atoms with E-state index in [0.29, 0.717) is 57.0 Å². The van der Waals surface area contributed by atoms with Gasteiger partial charge in [0.25, 0.3) is 12.9 Å². The van der Waals surface area contributed by atoms with Gasteiger partial charge in [-0.3, -0.25) is 24.0 Å². The highest BCUT2D eigenvalue weighted by molar-refractivity contribution is 9.11. The largest absolute Gasteiger partial charge is 0.382 e. The molecule has 0 radical (unpaired) electrons.